The maximum atomic E-state index is 12.2. The highest BCUT2D eigenvalue weighted by molar-refractivity contribution is 5.78. The number of nitrogens with two attached hydrogens (primary N) is 1. The van der Waals surface area contributed by atoms with Crippen LogP contribution in [-0.4, -0.2) is 72.1 Å². The molecular weight excluding hydrogens is 354 g/mol. The molecule has 0 atom stereocenters. The molecule has 0 spiro atoms. The summed E-state index contributed by atoms with van der Waals surface area (Å²) >= 11 is 0. The van der Waals surface area contributed by atoms with Crippen LogP contribution < -0.4 is 5.73 Å². The zero-order chi connectivity index (χ0) is 20.7. The minimum atomic E-state index is -0.477. The van der Waals surface area contributed by atoms with E-state index in [1.165, 1.54) is 5.56 Å². The van der Waals surface area contributed by atoms with Gasteiger partial charge in [-0.3, -0.25) is 0 Å². The van der Waals surface area contributed by atoms with Crippen molar-refractivity contribution in [1.82, 2.24) is 14.7 Å². The molecule has 7 heteroatoms. The minimum Gasteiger partial charge on any atom is -0.444 e. The molecule has 7 nitrogen and oxygen atoms in total. The average molecular weight is 390 g/mol. The first-order valence-electron chi connectivity index (χ1n) is 9.97. The van der Waals surface area contributed by atoms with Gasteiger partial charge in [0, 0.05) is 32.7 Å². The van der Waals surface area contributed by atoms with Gasteiger partial charge >= 0.3 is 6.09 Å². The predicted molar refractivity (Wildman–Crippen MR) is 113 cm³/mol. The van der Waals surface area contributed by atoms with E-state index in [1.54, 1.807) is 4.90 Å². The Hall–Kier alpha value is -2.28. The lowest BCUT2D eigenvalue weighted by Gasteiger charge is -2.36. The molecule has 1 saturated heterocycles. The number of carbonyl (C=O) groups excluding carboxylic acids is 1. The Bertz CT molecular complexity index is 676. The van der Waals surface area contributed by atoms with E-state index in [1.807, 2.05) is 25.7 Å². The number of nitrogens with zero attached hydrogens (tertiary/aromatic N) is 4. The monoisotopic (exact) mass is 389 g/mol. The SMILES string of the molecule is CCN(C)Cc1cccc(CN=C(N)N2CCN(C(=O)OC(C)(C)C)CC2)c1. The number of ether oxygens (including phenoxy) is 1. The molecule has 1 aromatic rings. The van der Waals surface area contributed by atoms with Crippen LogP contribution in [0.2, 0.25) is 0 Å². The second kappa shape index (κ2) is 9.78. The van der Waals surface area contributed by atoms with Gasteiger partial charge in [-0.15, -0.1) is 0 Å². The van der Waals surface area contributed by atoms with Gasteiger partial charge in [-0.2, -0.15) is 0 Å². The summed E-state index contributed by atoms with van der Waals surface area (Å²) in [5, 5.41) is 0. The second-order valence-electron chi connectivity index (χ2n) is 8.28. The molecule has 2 rings (SSSR count). The quantitative estimate of drug-likeness (QED) is 0.619. The smallest absolute Gasteiger partial charge is 0.410 e. The Morgan fingerprint density at radius 3 is 2.39 bits per heavy atom. The number of carbonyl (C=O) groups is 1. The first kappa shape index (κ1) is 22.0. The third kappa shape index (κ3) is 7.03. The third-order valence-corrected chi connectivity index (χ3v) is 4.66. The van der Waals surface area contributed by atoms with E-state index in [9.17, 15) is 4.79 Å². The van der Waals surface area contributed by atoms with Gasteiger partial charge in [-0.25, -0.2) is 9.79 Å². The highest BCUT2D eigenvalue weighted by Crippen LogP contribution is 2.12. The van der Waals surface area contributed by atoms with E-state index in [-0.39, 0.29) is 6.09 Å². The van der Waals surface area contributed by atoms with Crippen molar-refractivity contribution in [1.29, 1.82) is 0 Å². The van der Waals surface area contributed by atoms with E-state index in [4.69, 9.17) is 10.5 Å². The van der Waals surface area contributed by atoms with Crippen LogP contribution in [0.1, 0.15) is 38.8 Å². The van der Waals surface area contributed by atoms with E-state index in [0.29, 0.717) is 38.7 Å². The van der Waals surface area contributed by atoms with Gasteiger partial charge in [0.15, 0.2) is 5.96 Å². The van der Waals surface area contributed by atoms with Crippen molar-refractivity contribution in [2.24, 2.45) is 10.7 Å². The van der Waals surface area contributed by atoms with Gasteiger partial charge in [0.1, 0.15) is 5.60 Å². The molecule has 0 aromatic heterocycles. The number of piperazine rings is 1. The van der Waals surface area contributed by atoms with Crippen molar-refractivity contribution in [2.45, 2.75) is 46.4 Å². The molecule has 28 heavy (non-hydrogen) atoms. The lowest BCUT2D eigenvalue weighted by atomic mass is 10.1. The maximum absolute atomic E-state index is 12.2. The van der Waals surface area contributed by atoms with Gasteiger partial charge < -0.3 is 25.2 Å². The molecule has 0 unspecified atom stereocenters. The van der Waals surface area contributed by atoms with Crippen LogP contribution in [0.3, 0.4) is 0 Å². The summed E-state index contributed by atoms with van der Waals surface area (Å²) in [7, 11) is 2.11. The fourth-order valence-corrected chi connectivity index (χ4v) is 2.97. The molecule has 0 bridgehead atoms. The molecule has 1 aliphatic heterocycles. The molecule has 0 aliphatic carbocycles. The van der Waals surface area contributed by atoms with Crippen molar-refractivity contribution >= 4 is 12.1 Å². The van der Waals surface area contributed by atoms with Crippen molar-refractivity contribution in [3.63, 3.8) is 0 Å². The molecule has 156 valence electrons. The van der Waals surface area contributed by atoms with Gasteiger partial charge in [-0.05, 0) is 45.5 Å². The summed E-state index contributed by atoms with van der Waals surface area (Å²) in [5.74, 6) is 0.528. The van der Waals surface area contributed by atoms with Crippen LogP contribution in [0, 0.1) is 0 Å². The molecule has 1 fully saturated rings. The largest absolute Gasteiger partial charge is 0.444 e. The number of hydrogen-bond acceptors (Lipinski definition) is 4. The van der Waals surface area contributed by atoms with Crippen LogP contribution >= 0.6 is 0 Å². The first-order valence-corrected chi connectivity index (χ1v) is 9.97. The Kier molecular flexibility index (Phi) is 7.69. The molecule has 1 aliphatic rings. The lowest BCUT2D eigenvalue weighted by Crippen LogP contribution is -2.53. The molecule has 1 aromatic carbocycles. The van der Waals surface area contributed by atoms with Crippen LogP contribution in [0.25, 0.3) is 0 Å². The number of guanidine groups is 1. The van der Waals surface area contributed by atoms with Crippen LogP contribution in [0.15, 0.2) is 29.3 Å². The van der Waals surface area contributed by atoms with Crippen LogP contribution in [0.5, 0.6) is 0 Å². The second-order valence-corrected chi connectivity index (χ2v) is 8.28. The summed E-state index contributed by atoms with van der Waals surface area (Å²) in [6.45, 7) is 12.8. The molecule has 0 saturated carbocycles. The van der Waals surface area contributed by atoms with Crippen molar-refractivity contribution in [3.05, 3.63) is 35.4 Å². The van der Waals surface area contributed by atoms with Gasteiger partial charge in [0.25, 0.3) is 0 Å². The lowest BCUT2D eigenvalue weighted by molar-refractivity contribution is 0.0186. The van der Waals surface area contributed by atoms with Crippen molar-refractivity contribution < 1.29 is 9.53 Å². The summed E-state index contributed by atoms with van der Waals surface area (Å²) in [6, 6.07) is 8.47. The predicted octanol–water partition coefficient (Wildman–Crippen LogP) is 2.51. The number of aliphatic imine (C=N–C) groups is 1. The summed E-state index contributed by atoms with van der Waals surface area (Å²) < 4.78 is 5.43. The van der Waals surface area contributed by atoms with Crippen molar-refractivity contribution in [3.8, 4) is 0 Å². The molecule has 2 N–H and O–H groups in total. The molecule has 0 radical (unpaired) electrons. The van der Waals surface area contributed by atoms with E-state index in [2.05, 4.69) is 48.1 Å². The van der Waals surface area contributed by atoms with Crippen molar-refractivity contribution in [2.75, 3.05) is 39.8 Å². The summed E-state index contributed by atoms with van der Waals surface area (Å²) in [4.78, 5) is 22.7. The molecular formula is C21H35N5O2. The third-order valence-electron chi connectivity index (χ3n) is 4.66. The fourth-order valence-electron chi connectivity index (χ4n) is 2.97. The number of rotatable bonds is 5. The number of benzene rings is 1. The first-order chi connectivity index (χ1) is 13.2. The normalized spacial score (nSPS) is 15.9. The van der Waals surface area contributed by atoms with Gasteiger partial charge in [0.2, 0.25) is 0 Å². The van der Waals surface area contributed by atoms with Gasteiger partial charge in [-0.1, -0.05) is 31.2 Å². The van der Waals surface area contributed by atoms with Gasteiger partial charge in [0.05, 0.1) is 6.54 Å². The fraction of sp³-hybridized carbons (Fsp3) is 0.619. The minimum absolute atomic E-state index is 0.267. The zero-order valence-corrected chi connectivity index (χ0v) is 17.9. The van der Waals surface area contributed by atoms with Crippen LogP contribution in [0.4, 0.5) is 4.79 Å². The molecule has 1 heterocycles. The molecule has 1 amide bonds. The highest BCUT2D eigenvalue weighted by Gasteiger charge is 2.26. The van der Waals surface area contributed by atoms with E-state index >= 15 is 0 Å². The summed E-state index contributed by atoms with van der Waals surface area (Å²) in [6.07, 6.45) is -0.267. The average Bonchev–Trinajstić information content (AvgIpc) is 2.65. The zero-order valence-electron chi connectivity index (χ0n) is 17.9. The Labute approximate surface area is 169 Å². The Morgan fingerprint density at radius 1 is 1.18 bits per heavy atom. The highest BCUT2D eigenvalue weighted by atomic mass is 16.6. The van der Waals surface area contributed by atoms with Crippen LogP contribution in [-0.2, 0) is 17.8 Å². The van der Waals surface area contributed by atoms with E-state index in [0.717, 1.165) is 18.7 Å². The maximum Gasteiger partial charge on any atom is 0.410 e. The standard InChI is InChI=1S/C21H35N5O2/c1-6-24(5)16-18-9-7-8-17(14-18)15-23-19(22)25-10-12-26(13-11-25)20(27)28-21(2,3)4/h7-9,14H,6,10-13,15-16H2,1-5H3,(H2,22,23). The Balaban J connectivity index is 1.86. The summed E-state index contributed by atoms with van der Waals surface area (Å²) in [5.41, 5.74) is 8.15. The number of amides is 1. The Morgan fingerprint density at radius 2 is 1.79 bits per heavy atom. The van der Waals surface area contributed by atoms with E-state index < -0.39 is 5.60 Å². The number of hydrogen-bond donors (Lipinski definition) is 1. The topological polar surface area (TPSA) is 74.4 Å².